The number of ether oxygens (including phenoxy) is 1. The maximum Gasteiger partial charge on any atom is 0.320 e. The number of carbonyl (C=O) groups excluding carboxylic acids is 1. The average molecular weight is 633 g/mol. The second-order valence-electron chi connectivity index (χ2n) is 11.5. The lowest BCUT2D eigenvalue weighted by molar-refractivity contribution is 0.0411. The molecule has 16 heteroatoms. The molecule has 43 heavy (non-hydrogen) atoms. The summed E-state index contributed by atoms with van der Waals surface area (Å²) in [5.74, 6) is 0.00391. The van der Waals surface area contributed by atoms with Gasteiger partial charge < -0.3 is 14.5 Å². The van der Waals surface area contributed by atoms with Crippen molar-refractivity contribution in [2.45, 2.75) is 55.4 Å². The van der Waals surface area contributed by atoms with Crippen LogP contribution in [0.15, 0.2) is 29.4 Å². The topological polar surface area (TPSA) is 135 Å². The highest BCUT2D eigenvalue weighted by atomic mass is 32.2. The number of piperidine rings is 1. The van der Waals surface area contributed by atoms with Crippen molar-refractivity contribution in [2.75, 3.05) is 39.4 Å². The van der Waals surface area contributed by atoms with Gasteiger partial charge in [0.15, 0.2) is 10.7 Å². The van der Waals surface area contributed by atoms with Gasteiger partial charge >= 0.3 is 6.03 Å². The number of hydrogen-bond acceptors (Lipinski definition) is 9. The lowest BCUT2D eigenvalue weighted by Crippen LogP contribution is -2.50. The summed E-state index contributed by atoms with van der Waals surface area (Å²) in [7, 11) is -3.85. The van der Waals surface area contributed by atoms with Crippen molar-refractivity contribution in [1.82, 2.24) is 39.3 Å². The molecule has 228 valence electrons. The van der Waals surface area contributed by atoms with E-state index < -0.39 is 27.0 Å². The molecule has 0 spiro atoms. The molecule has 1 saturated carbocycles. The van der Waals surface area contributed by atoms with E-state index in [2.05, 4.69) is 24.9 Å². The number of alkyl halides is 2. The number of aromatic nitrogens is 5. The van der Waals surface area contributed by atoms with E-state index >= 15 is 0 Å². The van der Waals surface area contributed by atoms with Crippen LogP contribution >= 0.6 is 11.3 Å². The minimum atomic E-state index is -3.85. The molecule has 3 fully saturated rings. The third-order valence-electron chi connectivity index (χ3n) is 8.48. The number of nitrogens with one attached hydrogen (secondary N) is 1. The molecular weight excluding hydrogens is 602 g/mol. The van der Waals surface area contributed by atoms with Gasteiger partial charge in [-0.25, -0.2) is 36.7 Å². The van der Waals surface area contributed by atoms with E-state index in [9.17, 15) is 22.0 Å². The molecule has 3 aromatic heterocycles. The molecule has 12 nitrogen and oxygen atoms in total. The van der Waals surface area contributed by atoms with Gasteiger partial charge in [0.2, 0.25) is 15.2 Å². The van der Waals surface area contributed by atoms with Crippen molar-refractivity contribution in [3.8, 4) is 5.13 Å². The smallest absolute Gasteiger partial charge is 0.320 e. The second kappa shape index (κ2) is 10.7. The van der Waals surface area contributed by atoms with Crippen LogP contribution in [-0.4, -0.2) is 93.9 Å². The molecule has 3 aliphatic rings. The summed E-state index contributed by atoms with van der Waals surface area (Å²) in [6, 6.07) is 4.81. The van der Waals surface area contributed by atoms with Crippen LogP contribution in [0.5, 0.6) is 0 Å². The van der Waals surface area contributed by atoms with Gasteiger partial charge in [0, 0.05) is 48.4 Å². The van der Waals surface area contributed by atoms with Crippen molar-refractivity contribution in [1.29, 1.82) is 0 Å². The summed E-state index contributed by atoms with van der Waals surface area (Å²) < 4.78 is 63.3. The Labute approximate surface area is 250 Å². The van der Waals surface area contributed by atoms with E-state index in [1.165, 1.54) is 12.4 Å². The Kier molecular flexibility index (Phi) is 7.06. The van der Waals surface area contributed by atoms with E-state index in [1.54, 1.807) is 16.7 Å². The van der Waals surface area contributed by atoms with Gasteiger partial charge in [0.1, 0.15) is 6.33 Å². The molecule has 0 atom stereocenters. The van der Waals surface area contributed by atoms with E-state index in [1.807, 2.05) is 16.7 Å². The number of nitrogens with zero attached hydrogens (tertiary/aromatic N) is 7. The molecule has 2 saturated heterocycles. The van der Waals surface area contributed by atoms with Crippen LogP contribution in [0.1, 0.15) is 55.7 Å². The first-order valence-electron chi connectivity index (χ1n) is 14.2. The second-order valence-corrected chi connectivity index (χ2v) is 14.2. The molecule has 4 aromatic rings. The number of fused-ring (bicyclic) bond motifs is 3. The number of halogens is 2. The summed E-state index contributed by atoms with van der Waals surface area (Å²) in [6.07, 6.45) is 1.50. The Bertz CT molecular complexity index is 1810. The van der Waals surface area contributed by atoms with E-state index in [0.717, 1.165) is 29.9 Å². The minimum absolute atomic E-state index is 0.00391. The maximum atomic E-state index is 13.5. The molecule has 0 bridgehead atoms. The van der Waals surface area contributed by atoms with Gasteiger partial charge in [-0.2, -0.15) is 0 Å². The SMILES string of the molecule is CC1(NS(=O)(=O)c2ccc3c4c(C5CCN(C(=O)N6CCOCC6)CC5)ncnc4n(-c4nnc(C(F)F)s4)c3c2)CC1. The molecule has 0 radical (unpaired) electrons. The van der Waals surface area contributed by atoms with Crippen LogP contribution in [0.2, 0.25) is 0 Å². The van der Waals surface area contributed by atoms with Crippen molar-refractivity contribution in [2.24, 2.45) is 0 Å². The summed E-state index contributed by atoms with van der Waals surface area (Å²) in [4.78, 5) is 26.0. The van der Waals surface area contributed by atoms with Gasteiger partial charge in [-0.05, 0) is 44.7 Å². The number of benzene rings is 1. The third-order valence-corrected chi connectivity index (χ3v) is 11.0. The fourth-order valence-corrected chi connectivity index (χ4v) is 8.09. The van der Waals surface area contributed by atoms with E-state index in [-0.39, 0.29) is 22.0 Å². The zero-order chi connectivity index (χ0) is 29.9. The number of likely N-dealkylation sites (tertiary alicyclic amines) is 1. The lowest BCUT2D eigenvalue weighted by atomic mass is 9.91. The first-order valence-corrected chi connectivity index (χ1v) is 16.5. The van der Waals surface area contributed by atoms with Crippen LogP contribution in [0.4, 0.5) is 13.6 Å². The van der Waals surface area contributed by atoms with Gasteiger partial charge in [-0.15, -0.1) is 10.2 Å². The van der Waals surface area contributed by atoms with Gasteiger partial charge in [0.25, 0.3) is 6.43 Å². The average Bonchev–Trinajstić information content (AvgIpc) is 3.39. The zero-order valence-electron chi connectivity index (χ0n) is 23.4. The van der Waals surface area contributed by atoms with Crippen molar-refractivity contribution in [3.05, 3.63) is 35.2 Å². The first-order chi connectivity index (χ1) is 20.6. The molecule has 2 amide bonds. The molecule has 5 heterocycles. The molecule has 0 unspecified atom stereocenters. The normalized spacial score (nSPS) is 19.5. The highest BCUT2D eigenvalue weighted by Gasteiger charge is 2.41. The first kappa shape index (κ1) is 28.4. The quantitative estimate of drug-likeness (QED) is 0.339. The summed E-state index contributed by atoms with van der Waals surface area (Å²) in [5.41, 5.74) is 1.19. The monoisotopic (exact) mass is 632 g/mol. The Morgan fingerprint density at radius 1 is 1.09 bits per heavy atom. The largest absolute Gasteiger partial charge is 0.378 e. The van der Waals surface area contributed by atoms with Gasteiger partial charge in [0.05, 0.1) is 29.3 Å². The number of amides is 2. The van der Waals surface area contributed by atoms with Crippen LogP contribution < -0.4 is 4.72 Å². The van der Waals surface area contributed by atoms with Crippen molar-refractivity contribution < 1.29 is 26.7 Å². The molecule has 1 N–H and O–H groups in total. The maximum absolute atomic E-state index is 13.5. The Hall–Kier alpha value is -3.34. The summed E-state index contributed by atoms with van der Waals surface area (Å²) >= 11 is 0.728. The Morgan fingerprint density at radius 2 is 1.81 bits per heavy atom. The van der Waals surface area contributed by atoms with Crippen LogP contribution in [0.3, 0.4) is 0 Å². The number of urea groups is 1. The third kappa shape index (κ3) is 5.23. The summed E-state index contributed by atoms with van der Waals surface area (Å²) in [6.45, 7) is 5.22. The van der Waals surface area contributed by atoms with Crippen molar-refractivity contribution in [3.63, 3.8) is 0 Å². The number of hydrogen-bond donors (Lipinski definition) is 1. The number of morpholine rings is 1. The highest BCUT2D eigenvalue weighted by Crippen LogP contribution is 2.40. The van der Waals surface area contributed by atoms with E-state index in [4.69, 9.17) is 4.74 Å². The van der Waals surface area contributed by atoms with E-state index in [0.29, 0.717) is 74.2 Å². The fraction of sp³-hybridized carbons (Fsp3) is 0.519. The summed E-state index contributed by atoms with van der Waals surface area (Å²) in [5, 5.41) is 8.79. The molecule has 7 rings (SSSR count). The Balaban J connectivity index is 1.29. The number of sulfonamides is 1. The molecule has 1 aromatic carbocycles. The minimum Gasteiger partial charge on any atom is -0.378 e. The number of rotatable bonds is 6. The standard InChI is InChI=1S/C27H30F2N8O4S2/c1-27(6-7-27)34-43(39,40)17-2-3-18-19(14-17)37(25-33-32-24(42-25)22(28)29)23-20(18)21(30-15-31-23)16-4-8-35(9-5-16)26(38)36-10-12-41-13-11-36/h2-3,14-16,22,34H,4-13H2,1H3. The van der Waals surface area contributed by atoms with Gasteiger partial charge in [-0.3, -0.25) is 4.57 Å². The molecule has 1 aliphatic carbocycles. The fourth-order valence-electron chi connectivity index (χ4n) is 5.89. The van der Waals surface area contributed by atoms with Crippen molar-refractivity contribution >= 4 is 49.3 Å². The van der Waals surface area contributed by atoms with Crippen LogP contribution in [0, 0.1) is 0 Å². The van der Waals surface area contributed by atoms with Crippen LogP contribution in [-0.2, 0) is 14.8 Å². The Morgan fingerprint density at radius 3 is 2.49 bits per heavy atom. The van der Waals surface area contributed by atoms with Gasteiger partial charge in [-0.1, -0.05) is 17.4 Å². The molecular formula is C27H30F2N8O4S2. The highest BCUT2D eigenvalue weighted by molar-refractivity contribution is 7.89. The zero-order valence-corrected chi connectivity index (χ0v) is 25.0. The molecule has 2 aliphatic heterocycles. The lowest BCUT2D eigenvalue weighted by Gasteiger charge is -2.37. The van der Waals surface area contributed by atoms with Crippen LogP contribution in [0.25, 0.3) is 27.1 Å². The number of carbonyl (C=O) groups is 1. The predicted molar refractivity (Wildman–Crippen MR) is 154 cm³/mol. The predicted octanol–water partition coefficient (Wildman–Crippen LogP) is 3.83.